The molecule has 5 heteroatoms. The number of hydrogen-bond donors (Lipinski definition) is 1. The van der Waals surface area contributed by atoms with E-state index in [9.17, 15) is 0 Å². The lowest BCUT2D eigenvalue weighted by atomic mass is 10.2. The monoisotopic (exact) mass is 368 g/mol. The van der Waals surface area contributed by atoms with Crippen LogP contribution in [0.15, 0.2) is 16.6 Å². The van der Waals surface area contributed by atoms with E-state index in [1.54, 1.807) is 0 Å². The summed E-state index contributed by atoms with van der Waals surface area (Å²) in [6.07, 6.45) is 3.57. The van der Waals surface area contributed by atoms with Crippen molar-refractivity contribution in [3.05, 3.63) is 22.2 Å². The van der Waals surface area contributed by atoms with E-state index in [0.717, 1.165) is 55.2 Å². The molecule has 0 radical (unpaired) electrons. The molecule has 1 unspecified atom stereocenters. The summed E-state index contributed by atoms with van der Waals surface area (Å²) in [5.41, 5.74) is 1.23. The molecule has 3 rings (SSSR count). The van der Waals surface area contributed by atoms with E-state index < -0.39 is 0 Å². The first-order chi connectivity index (χ1) is 10.8. The maximum absolute atomic E-state index is 5.79. The summed E-state index contributed by atoms with van der Waals surface area (Å²) in [5, 5.41) is 3.60. The molecular weight excluding hydrogens is 344 g/mol. The van der Waals surface area contributed by atoms with Gasteiger partial charge in [-0.25, -0.2) is 0 Å². The molecule has 0 aromatic heterocycles. The highest BCUT2D eigenvalue weighted by Crippen LogP contribution is 2.38. The molecule has 1 fully saturated rings. The fourth-order valence-corrected chi connectivity index (χ4v) is 3.92. The molecule has 2 aliphatic heterocycles. The van der Waals surface area contributed by atoms with Gasteiger partial charge >= 0.3 is 0 Å². The van der Waals surface area contributed by atoms with Crippen molar-refractivity contribution in [1.29, 1.82) is 0 Å². The van der Waals surface area contributed by atoms with Gasteiger partial charge < -0.3 is 14.8 Å². The molecule has 1 aromatic carbocycles. The second-order valence-electron chi connectivity index (χ2n) is 6.01. The minimum atomic E-state index is 0.689. The molecule has 1 N–H and O–H groups in total. The van der Waals surface area contributed by atoms with Crippen LogP contribution in [0.3, 0.4) is 0 Å². The third-order valence-electron chi connectivity index (χ3n) is 4.48. The van der Waals surface area contributed by atoms with Gasteiger partial charge in [0, 0.05) is 25.6 Å². The second-order valence-corrected chi connectivity index (χ2v) is 6.87. The summed E-state index contributed by atoms with van der Waals surface area (Å²) in [7, 11) is 0. The van der Waals surface area contributed by atoms with Gasteiger partial charge in [0.25, 0.3) is 0 Å². The van der Waals surface area contributed by atoms with E-state index in [1.165, 1.54) is 24.9 Å². The molecule has 1 saturated heterocycles. The first-order valence-corrected chi connectivity index (χ1v) is 9.10. The Morgan fingerprint density at radius 2 is 2.14 bits per heavy atom. The topological polar surface area (TPSA) is 33.7 Å². The van der Waals surface area contributed by atoms with Gasteiger partial charge in [0.15, 0.2) is 11.5 Å². The summed E-state index contributed by atoms with van der Waals surface area (Å²) in [6, 6.07) is 4.92. The van der Waals surface area contributed by atoms with Crippen LogP contribution < -0.4 is 14.8 Å². The zero-order chi connectivity index (χ0) is 15.4. The van der Waals surface area contributed by atoms with Gasteiger partial charge in [0.1, 0.15) is 0 Å². The number of nitrogens with zero attached hydrogens (tertiary/aromatic N) is 1. The lowest BCUT2D eigenvalue weighted by molar-refractivity contribution is 0.260. The van der Waals surface area contributed by atoms with E-state index >= 15 is 0 Å². The summed E-state index contributed by atoms with van der Waals surface area (Å²) < 4.78 is 12.5. The van der Waals surface area contributed by atoms with Crippen LogP contribution in [0.5, 0.6) is 11.5 Å². The zero-order valence-corrected chi connectivity index (χ0v) is 14.8. The van der Waals surface area contributed by atoms with Crippen molar-refractivity contribution in [2.24, 2.45) is 0 Å². The summed E-state index contributed by atoms with van der Waals surface area (Å²) >= 11 is 3.61. The first kappa shape index (κ1) is 16.1. The number of likely N-dealkylation sites (N-methyl/N-ethyl adjacent to an activating group) is 1. The van der Waals surface area contributed by atoms with Crippen molar-refractivity contribution < 1.29 is 9.47 Å². The number of likely N-dealkylation sites (tertiary alicyclic amines) is 1. The largest absolute Gasteiger partial charge is 0.490 e. The van der Waals surface area contributed by atoms with Crippen molar-refractivity contribution in [1.82, 2.24) is 10.2 Å². The smallest absolute Gasteiger partial charge is 0.175 e. The molecule has 0 saturated carbocycles. The van der Waals surface area contributed by atoms with Crippen LogP contribution in [-0.2, 0) is 6.54 Å². The average molecular weight is 369 g/mol. The Labute approximate surface area is 141 Å². The van der Waals surface area contributed by atoms with Gasteiger partial charge in [-0.15, -0.1) is 0 Å². The van der Waals surface area contributed by atoms with E-state index in [-0.39, 0.29) is 0 Å². The number of halogens is 1. The van der Waals surface area contributed by atoms with E-state index in [2.05, 4.69) is 45.2 Å². The Bertz CT molecular complexity index is 510. The molecular formula is C17H25BrN2O2. The SMILES string of the molecule is CCN1CCCC1CNCc1cc(Br)c2c(c1)OCCCO2. The molecule has 0 amide bonds. The highest BCUT2D eigenvalue weighted by molar-refractivity contribution is 9.10. The number of benzene rings is 1. The predicted octanol–water partition coefficient (Wildman–Crippen LogP) is 3.18. The van der Waals surface area contributed by atoms with Crippen LogP contribution in [0.4, 0.5) is 0 Å². The lowest BCUT2D eigenvalue weighted by Crippen LogP contribution is -2.37. The summed E-state index contributed by atoms with van der Waals surface area (Å²) in [5.74, 6) is 1.70. The quantitative estimate of drug-likeness (QED) is 0.865. The first-order valence-electron chi connectivity index (χ1n) is 8.30. The van der Waals surface area contributed by atoms with Crippen LogP contribution in [0.1, 0.15) is 31.7 Å². The molecule has 2 aliphatic rings. The molecule has 2 heterocycles. The van der Waals surface area contributed by atoms with Crippen molar-refractivity contribution in [2.45, 2.75) is 38.8 Å². The number of ether oxygens (including phenoxy) is 2. The Morgan fingerprint density at radius 1 is 1.27 bits per heavy atom. The summed E-state index contributed by atoms with van der Waals surface area (Å²) in [6.45, 7) is 8.02. The van der Waals surface area contributed by atoms with Gasteiger partial charge in [0.05, 0.1) is 17.7 Å². The average Bonchev–Trinajstić information content (AvgIpc) is 2.83. The van der Waals surface area contributed by atoms with Crippen LogP contribution in [0, 0.1) is 0 Å². The van der Waals surface area contributed by atoms with Gasteiger partial charge in [-0.2, -0.15) is 0 Å². The molecule has 1 atom stereocenters. The van der Waals surface area contributed by atoms with Gasteiger partial charge in [-0.3, -0.25) is 4.90 Å². The predicted molar refractivity (Wildman–Crippen MR) is 91.7 cm³/mol. The second kappa shape index (κ2) is 7.66. The fraction of sp³-hybridized carbons (Fsp3) is 0.647. The van der Waals surface area contributed by atoms with Crippen LogP contribution in [0.25, 0.3) is 0 Å². The van der Waals surface area contributed by atoms with Crippen LogP contribution in [0.2, 0.25) is 0 Å². The van der Waals surface area contributed by atoms with Gasteiger partial charge in [0.2, 0.25) is 0 Å². The Balaban J connectivity index is 1.58. The zero-order valence-electron chi connectivity index (χ0n) is 13.2. The van der Waals surface area contributed by atoms with Gasteiger partial charge in [-0.05, 0) is 59.6 Å². The number of fused-ring (bicyclic) bond motifs is 1. The number of nitrogens with one attached hydrogen (secondary N) is 1. The maximum Gasteiger partial charge on any atom is 0.175 e. The van der Waals surface area contributed by atoms with E-state index in [4.69, 9.17) is 9.47 Å². The summed E-state index contributed by atoms with van der Waals surface area (Å²) in [4.78, 5) is 2.57. The van der Waals surface area contributed by atoms with Crippen molar-refractivity contribution >= 4 is 15.9 Å². The normalized spacial score (nSPS) is 21.8. The Hall–Kier alpha value is -0.780. The highest BCUT2D eigenvalue weighted by Gasteiger charge is 2.22. The number of rotatable bonds is 5. The van der Waals surface area contributed by atoms with E-state index in [0.29, 0.717) is 6.04 Å². The van der Waals surface area contributed by atoms with Crippen LogP contribution in [-0.4, -0.2) is 43.8 Å². The maximum atomic E-state index is 5.79. The fourth-order valence-electron chi connectivity index (χ4n) is 3.31. The van der Waals surface area contributed by atoms with E-state index in [1.807, 2.05) is 0 Å². The number of hydrogen-bond acceptors (Lipinski definition) is 4. The molecule has 4 nitrogen and oxygen atoms in total. The molecule has 0 spiro atoms. The van der Waals surface area contributed by atoms with Crippen molar-refractivity contribution in [2.75, 3.05) is 32.8 Å². The minimum Gasteiger partial charge on any atom is -0.490 e. The van der Waals surface area contributed by atoms with Gasteiger partial charge in [-0.1, -0.05) is 6.92 Å². The third kappa shape index (κ3) is 3.76. The van der Waals surface area contributed by atoms with Crippen LogP contribution >= 0.6 is 15.9 Å². The molecule has 0 aliphatic carbocycles. The molecule has 22 heavy (non-hydrogen) atoms. The molecule has 0 bridgehead atoms. The third-order valence-corrected chi connectivity index (χ3v) is 5.07. The molecule has 1 aromatic rings. The van der Waals surface area contributed by atoms with Crippen molar-refractivity contribution in [3.8, 4) is 11.5 Å². The minimum absolute atomic E-state index is 0.689. The highest BCUT2D eigenvalue weighted by atomic mass is 79.9. The molecule has 122 valence electrons. The Morgan fingerprint density at radius 3 is 3.00 bits per heavy atom. The Kier molecular flexibility index (Phi) is 5.61. The lowest BCUT2D eigenvalue weighted by Gasteiger charge is -2.23. The van der Waals surface area contributed by atoms with Crippen molar-refractivity contribution in [3.63, 3.8) is 0 Å². The standard InChI is InChI=1S/C17H25BrN2O2/c1-2-20-6-3-5-14(20)12-19-11-13-9-15(18)17-16(10-13)21-7-4-8-22-17/h9-10,14,19H,2-8,11-12H2,1H3.